The molecule has 1 aliphatic carbocycles. The molecule has 34 heavy (non-hydrogen) atoms. The highest BCUT2D eigenvalue weighted by atomic mass is 32.1. The summed E-state index contributed by atoms with van der Waals surface area (Å²) in [6.07, 6.45) is -2.28. The molecule has 1 aromatic heterocycles. The molecule has 1 atom stereocenters. The number of aliphatic hydroxyl groups excluding tert-OH is 1. The SMILES string of the molecule is Cc1nc(CNC(=O)OCC2c3ccccc3-c3ccccc32)sc1C(=O)NCC(O)C(=O)O. The van der Waals surface area contributed by atoms with Gasteiger partial charge in [-0.25, -0.2) is 14.6 Å². The maximum Gasteiger partial charge on any atom is 0.407 e. The molecule has 2 aromatic carbocycles. The fourth-order valence-electron chi connectivity index (χ4n) is 3.89. The molecule has 0 saturated carbocycles. The van der Waals surface area contributed by atoms with Crippen molar-refractivity contribution in [2.75, 3.05) is 13.2 Å². The number of aliphatic carboxylic acids is 1. The van der Waals surface area contributed by atoms with Crippen LogP contribution >= 0.6 is 11.3 Å². The minimum atomic E-state index is -1.69. The molecule has 4 N–H and O–H groups in total. The van der Waals surface area contributed by atoms with E-state index in [2.05, 4.69) is 27.8 Å². The number of amides is 2. The lowest BCUT2D eigenvalue weighted by atomic mass is 9.98. The highest BCUT2D eigenvalue weighted by Crippen LogP contribution is 2.44. The Morgan fingerprint density at radius 1 is 1.06 bits per heavy atom. The number of nitrogens with zero attached hydrogens (tertiary/aromatic N) is 1. The van der Waals surface area contributed by atoms with E-state index in [1.54, 1.807) is 6.92 Å². The quantitative estimate of drug-likeness (QED) is 0.388. The first-order chi connectivity index (χ1) is 16.3. The zero-order chi connectivity index (χ0) is 24.2. The molecule has 0 bridgehead atoms. The third-order valence-electron chi connectivity index (χ3n) is 5.52. The van der Waals surface area contributed by atoms with Crippen molar-refractivity contribution in [2.45, 2.75) is 25.5 Å². The van der Waals surface area contributed by atoms with Crippen LogP contribution in [0.1, 0.15) is 37.4 Å². The Kier molecular flexibility index (Phi) is 6.90. The number of alkyl carbamates (subject to hydrolysis) is 1. The maximum atomic E-state index is 12.3. The zero-order valence-electron chi connectivity index (χ0n) is 18.3. The molecule has 1 heterocycles. The molecule has 0 fully saturated rings. The van der Waals surface area contributed by atoms with Gasteiger partial charge in [-0.3, -0.25) is 4.79 Å². The van der Waals surface area contributed by atoms with E-state index in [1.165, 1.54) is 0 Å². The fraction of sp³-hybridized carbons (Fsp3) is 0.250. The van der Waals surface area contributed by atoms with Gasteiger partial charge < -0.3 is 25.6 Å². The highest BCUT2D eigenvalue weighted by molar-refractivity contribution is 7.13. The molecule has 10 heteroatoms. The normalized spacial score (nSPS) is 13.0. The number of thiazole rings is 1. The number of carbonyl (C=O) groups excluding carboxylic acids is 2. The molecular formula is C24H23N3O6S. The van der Waals surface area contributed by atoms with Crippen LogP contribution in [0.2, 0.25) is 0 Å². The molecule has 3 aromatic rings. The van der Waals surface area contributed by atoms with Crippen molar-refractivity contribution < 1.29 is 29.3 Å². The summed E-state index contributed by atoms with van der Waals surface area (Å²) in [5.74, 6) is -2.01. The van der Waals surface area contributed by atoms with Crippen LogP contribution < -0.4 is 10.6 Å². The van der Waals surface area contributed by atoms with Crippen LogP contribution in [-0.4, -0.2) is 52.4 Å². The van der Waals surface area contributed by atoms with E-state index in [4.69, 9.17) is 9.84 Å². The highest BCUT2D eigenvalue weighted by Gasteiger charge is 2.29. The molecule has 0 radical (unpaired) electrons. The minimum Gasteiger partial charge on any atom is -0.479 e. The van der Waals surface area contributed by atoms with E-state index in [-0.39, 0.29) is 23.9 Å². The van der Waals surface area contributed by atoms with Crippen molar-refractivity contribution in [3.8, 4) is 11.1 Å². The number of carboxylic acids is 1. The van der Waals surface area contributed by atoms with Crippen molar-refractivity contribution in [2.24, 2.45) is 0 Å². The second kappa shape index (κ2) is 10.0. The molecule has 1 unspecified atom stereocenters. The summed E-state index contributed by atoms with van der Waals surface area (Å²) in [6, 6.07) is 16.1. The molecule has 0 saturated heterocycles. The summed E-state index contributed by atoms with van der Waals surface area (Å²) in [5, 5.41) is 23.5. The van der Waals surface area contributed by atoms with Crippen LogP contribution in [0.4, 0.5) is 4.79 Å². The van der Waals surface area contributed by atoms with E-state index < -0.39 is 30.6 Å². The average molecular weight is 482 g/mol. The number of nitrogens with one attached hydrogen (secondary N) is 2. The average Bonchev–Trinajstić information content (AvgIpc) is 3.37. The van der Waals surface area contributed by atoms with Crippen molar-refractivity contribution in [3.05, 3.63) is 75.2 Å². The number of hydrogen-bond donors (Lipinski definition) is 4. The monoisotopic (exact) mass is 481 g/mol. The third kappa shape index (κ3) is 4.92. The Balaban J connectivity index is 1.32. The number of aliphatic hydroxyl groups is 1. The van der Waals surface area contributed by atoms with Gasteiger partial charge in [-0.2, -0.15) is 0 Å². The lowest BCUT2D eigenvalue weighted by Gasteiger charge is -2.14. The van der Waals surface area contributed by atoms with Crippen molar-refractivity contribution >= 4 is 29.3 Å². The van der Waals surface area contributed by atoms with Crippen LogP contribution in [0, 0.1) is 6.92 Å². The van der Waals surface area contributed by atoms with Crippen molar-refractivity contribution in [3.63, 3.8) is 0 Å². The number of fused-ring (bicyclic) bond motifs is 3. The number of aryl methyl sites for hydroxylation is 1. The Morgan fingerprint density at radius 2 is 1.68 bits per heavy atom. The van der Waals surface area contributed by atoms with E-state index in [0.29, 0.717) is 10.7 Å². The van der Waals surface area contributed by atoms with Crippen LogP contribution in [0.25, 0.3) is 11.1 Å². The smallest absolute Gasteiger partial charge is 0.407 e. The van der Waals surface area contributed by atoms with Gasteiger partial charge in [-0.15, -0.1) is 11.3 Å². The number of ether oxygens (including phenoxy) is 1. The summed E-state index contributed by atoms with van der Waals surface area (Å²) in [6.45, 7) is 1.48. The van der Waals surface area contributed by atoms with Gasteiger partial charge in [-0.1, -0.05) is 48.5 Å². The number of hydrogen-bond acceptors (Lipinski definition) is 7. The van der Waals surface area contributed by atoms with Gasteiger partial charge in [0.15, 0.2) is 6.10 Å². The molecular weight excluding hydrogens is 458 g/mol. The van der Waals surface area contributed by atoms with E-state index in [0.717, 1.165) is 33.6 Å². The predicted molar refractivity (Wildman–Crippen MR) is 125 cm³/mol. The van der Waals surface area contributed by atoms with Gasteiger partial charge in [0, 0.05) is 5.92 Å². The predicted octanol–water partition coefficient (Wildman–Crippen LogP) is 2.67. The van der Waals surface area contributed by atoms with E-state index >= 15 is 0 Å². The number of rotatable bonds is 8. The number of benzene rings is 2. The van der Waals surface area contributed by atoms with Gasteiger partial charge >= 0.3 is 12.1 Å². The molecule has 9 nitrogen and oxygen atoms in total. The summed E-state index contributed by atoms with van der Waals surface area (Å²) in [5.41, 5.74) is 4.97. The van der Waals surface area contributed by atoms with Crippen LogP contribution in [0.15, 0.2) is 48.5 Å². The first kappa shape index (κ1) is 23.4. The minimum absolute atomic E-state index is 0.0447. The molecule has 4 rings (SSSR count). The summed E-state index contributed by atoms with van der Waals surface area (Å²) < 4.78 is 5.50. The van der Waals surface area contributed by atoms with Gasteiger partial charge in [-0.05, 0) is 29.2 Å². The van der Waals surface area contributed by atoms with Crippen LogP contribution in [-0.2, 0) is 16.1 Å². The Morgan fingerprint density at radius 3 is 2.29 bits per heavy atom. The van der Waals surface area contributed by atoms with Crippen LogP contribution in [0.3, 0.4) is 0 Å². The number of aromatic nitrogens is 1. The standard InChI is InChI=1S/C24H23N3O6S/c1-13-21(22(29)25-10-19(28)23(30)31)34-20(27-13)11-26-24(32)33-12-18-16-8-4-2-6-14(16)15-7-3-5-9-17(15)18/h2-9,18-19,28H,10-12H2,1H3,(H,25,29)(H,26,32)(H,30,31). The fourth-order valence-corrected chi connectivity index (χ4v) is 4.81. The third-order valence-corrected chi connectivity index (χ3v) is 6.67. The van der Waals surface area contributed by atoms with Gasteiger partial charge in [0.05, 0.1) is 18.8 Å². The molecule has 176 valence electrons. The molecule has 2 amide bonds. The number of carbonyl (C=O) groups is 3. The first-order valence-corrected chi connectivity index (χ1v) is 11.4. The van der Waals surface area contributed by atoms with Gasteiger partial charge in [0.2, 0.25) is 0 Å². The Bertz CT molecular complexity index is 1200. The summed E-state index contributed by atoms with van der Waals surface area (Å²) >= 11 is 1.07. The Hall–Kier alpha value is -3.76. The van der Waals surface area contributed by atoms with E-state index in [9.17, 15) is 19.5 Å². The van der Waals surface area contributed by atoms with Gasteiger partial charge in [0.25, 0.3) is 5.91 Å². The molecule has 0 spiro atoms. The molecule has 1 aliphatic rings. The second-order valence-corrected chi connectivity index (χ2v) is 8.85. The largest absolute Gasteiger partial charge is 0.479 e. The first-order valence-electron chi connectivity index (χ1n) is 10.6. The molecule has 0 aliphatic heterocycles. The summed E-state index contributed by atoms with van der Waals surface area (Å²) in [4.78, 5) is 39.8. The Labute approximate surface area is 199 Å². The number of carboxylic acid groups (broad SMARTS) is 1. The van der Waals surface area contributed by atoms with Crippen molar-refractivity contribution in [1.29, 1.82) is 0 Å². The van der Waals surface area contributed by atoms with Crippen molar-refractivity contribution in [1.82, 2.24) is 15.6 Å². The second-order valence-electron chi connectivity index (χ2n) is 7.77. The maximum absolute atomic E-state index is 12.3. The lowest BCUT2D eigenvalue weighted by Crippen LogP contribution is -2.36. The topological polar surface area (TPSA) is 138 Å². The van der Waals surface area contributed by atoms with E-state index in [1.807, 2.05) is 36.4 Å². The van der Waals surface area contributed by atoms with Gasteiger partial charge in [0.1, 0.15) is 16.5 Å². The lowest BCUT2D eigenvalue weighted by molar-refractivity contribution is -0.146. The summed E-state index contributed by atoms with van der Waals surface area (Å²) in [7, 11) is 0. The van der Waals surface area contributed by atoms with Crippen LogP contribution in [0.5, 0.6) is 0 Å². The zero-order valence-corrected chi connectivity index (χ0v) is 19.1.